The van der Waals surface area contributed by atoms with Gasteiger partial charge in [-0.1, -0.05) is 20.8 Å². The molecule has 1 aliphatic rings. The predicted octanol–water partition coefficient (Wildman–Crippen LogP) is 2.43. The van der Waals surface area contributed by atoms with Crippen LogP contribution in [0.4, 0.5) is 4.39 Å². The lowest BCUT2D eigenvalue weighted by Crippen LogP contribution is -2.52. The molecule has 0 radical (unpaired) electrons. The Morgan fingerprint density at radius 3 is 2.28 bits per heavy atom. The number of likely N-dealkylation sites (tertiary alicyclic amines) is 1. The van der Waals surface area contributed by atoms with E-state index in [1.54, 1.807) is 4.90 Å². The number of benzene rings is 1. The third-order valence-electron chi connectivity index (χ3n) is 4.72. The van der Waals surface area contributed by atoms with Crippen molar-refractivity contribution in [3.05, 3.63) is 35.1 Å². The Balaban J connectivity index is 0.00000312. The molecule has 140 valence electrons. The van der Waals surface area contributed by atoms with Crippen LogP contribution in [0.15, 0.2) is 18.2 Å². The molecule has 25 heavy (non-hydrogen) atoms. The molecule has 1 fully saturated rings. The van der Waals surface area contributed by atoms with Gasteiger partial charge in [-0.25, -0.2) is 4.39 Å². The molecule has 1 aromatic carbocycles. The number of carbonyl (C=O) groups is 2. The van der Waals surface area contributed by atoms with Crippen LogP contribution in [0.5, 0.6) is 0 Å². The van der Waals surface area contributed by atoms with Gasteiger partial charge in [-0.3, -0.25) is 9.59 Å². The molecule has 5 nitrogen and oxygen atoms in total. The molecule has 0 bridgehead atoms. The lowest BCUT2D eigenvalue weighted by molar-refractivity contribution is -0.136. The summed E-state index contributed by atoms with van der Waals surface area (Å²) < 4.78 is 13.6. The van der Waals surface area contributed by atoms with E-state index in [4.69, 9.17) is 11.5 Å². The number of halogens is 2. The number of carbonyl (C=O) groups excluding carboxylic acids is 2. The van der Waals surface area contributed by atoms with Gasteiger partial charge in [-0.15, -0.1) is 12.4 Å². The average molecular weight is 372 g/mol. The van der Waals surface area contributed by atoms with Crippen LogP contribution in [0.1, 0.15) is 55.5 Å². The second kappa shape index (κ2) is 8.15. The smallest absolute Gasteiger partial charge is 0.248 e. The summed E-state index contributed by atoms with van der Waals surface area (Å²) in [5.41, 5.74) is 12.1. The highest BCUT2D eigenvalue weighted by molar-refractivity contribution is 5.94. The molecule has 0 saturated carbocycles. The molecule has 4 N–H and O–H groups in total. The van der Waals surface area contributed by atoms with Crippen molar-refractivity contribution in [2.45, 2.75) is 45.6 Å². The molecular weight excluding hydrogens is 345 g/mol. The van der Waals surface area contributed by atoms with Crippen molar-refractivity contribution in [2.75, 3.05) is 13.1 Å². The molecule has 0 unspecified atom stereocenters. The van der Waals surface area contributed by atoms with Crippen molar-refractivity contribution in [3.63, 3.8) is 0 Å². The topological polar surface area (TPSA) is 89.4 Å². The quantitative estimate of drug-likeness (QED) is 0.855. The molecule has 1 heterocycles. The Labute approximate surface area is 154 Å². The van der Waals surface area contributed by atoms with Crippen LogP contribution in [-0.2, 0) is 4.79 Å². The first-order valence-corrected chi connectivity index (χ1v) is 8.25. The molecule has 7 heteroatoms. The highest BCUT2D eigenvalue weighted by atomic mass is 35.5. The van der Waals surface area contributed by atoms with Gasteiger partial charge in [0.1, 0.15) is 5.82 Å². The van der Waals surface area contributed by atoms with Gasteiger partial charge in [0, 0.05) is 18.7 Å². The number of amides is 2. The molecule has 1 aliphatic heterocycles. The molecule has 0 aromatic heterocycles. The van der Waals surface area contributed by atoms with Crippen LogP contribution < -0.4 is 11.5 Å². The van der Waals surface area contributed by atoms with Crippen molar-refractivity contribution in [1.82, 2.24) is 4.90 Å². The molecule has 2 rings (SSSR count). The lowest BCUT2D eigenvalue weighted by Gasteiger charge is -2.37. The van der Waals surface area contributed by atoms with E-state index in [2.05, 4.69) is 0 Å². The van der Waals surface area contributed by atoms with E-state index in [0.717, 1.165) is 0 Å². The van der Waals surface area contributed by atoms with E-state index in [9.17, 15) is 14.0 Å². The summed E-state index contributed by atoms with van der Waals surface area (Å²) >= 11 is 0. The molecular formula is C18H27ClFN3O2. The van der Waals surface area contributed by atoms with Crippen LogP contribution in [0.2, 0.25) is 0 Å². The fourth-order valence-electron chi connectivity index (χ4n) is 3.07. The van der Waals surface area contributed by atoms with Gasteiger partial charge in [0.05, 0.1) is 6.04 Å². The summed E-state index contributed by atoms with van der Waals surface area (Å²) in [4.78, 5) is 25.8. The third-order valence-corrected chi connectivity index (χ3v) is 4.72. The maximum absolute atomic E-state index is 13.6. The van der Waals surface area contributed by atoms with E-state index >= 15 is 0 Å². The minimum Gasteiger partial charge on any atom is -0.366 e. The Morgan fingerprint density at radius 1 is 1.24 bits per heavy atom. The Hall–Kier alpha value is -1.66. The van der Waals surface area contributed by atoms with Crippen LogP contribution in [0, 0.1) is 11.2 Å². The van der Waals surface area contributed by atoms with Gasteiger partial charge < -0.3 is 16.4 Å². The summed E-state index contributed by atoms with van der Waals surface area (Å²) in [5, 5.41) is 0. The Bertz CT molecular complexity index is 638. The Morgan fingerprint density at radius 2 is 1.80 bits per heavy atom. The number of piperidine rings is 1. The van der Waals surface area contributed by atoms with Crippen molar-refractivity contribution >= 4 is 24.2 Å². The van der Waals surface area contributed by atoms with Gasteiger partial charge in [0.2, 0.25) is 11.8 Å². The maximum Gasteiger partial charge on any atom is 0.248 e. The average Bonchev–Trinajstić information content (AvgIpc) is 2.52. The van der Waals surface area contributed by atoms with E-state index in [0.29, 0.717) is 37.1 Å². The summed E-state index contributed by atoms with van der Waals surface area (Å²) in [6.45, 7) is 6.90. The van der Waals surface area contributed by atoms with Crippen molar-refractivity contribution < 1.29 is 14.0 Å². The van der Waals surface area contributed by atoms with Crippen molar-refractivity contribution in [3.8, 4) is 0 Å². The van der Waals surface area contributed by atoms with Gasteiger partial charge in [0.15, 0.2) is 0 Å². The second-order valence-electron chi connectivity index (χ2n) is 7.54. The SMILES string of the molecule is CC(C)(C)[C@H](N)C(=O)N1CCC(c2cc(F)ccc2C(N)=O)CC1.Cl. The number of nitrogens with two attached hydrogens (primary N) is 2. The summed E-state index contributed by atoms with van der Waals surface area (Å²) in [6, 6.07) is 3.50. The van der Waals surface area contributed by atoms with Crippen molar-refractivity contribution in [2.24, 2.45) is 16.9 Å². The number of primary amides is 1. The van der Waals surface area contributed by atoms with Crippen LogP contribution in [0.3, 0.4) is 0 Å². The first-order chi connectivity index (χ1) is 11.1. The van der Waals surface area contributed by atoms with Gasteiger partial charge in [0.25, 0.3) is 0 Å². The zero-order valence-corrected chi connectivity index (χ0v) is 15.7. The summed E-state index contributed by atoms with van der Waals surface area (Å²) in [5.74, 6) is -0.991. The number of hydrogen-bond donors (Lipinski definition) is 2. The standard InChI is InChI=1S/C18H26FN3O2.ClH/c1-18(2,3)15(20)17(24)22-8-6-11(7-9-22)14-10-12(19)4-5-13(14)16(21)23;/h4-5,10-11,15H,6-9,20H2,1-3H3,(H2,21,23);1H/t15-;/m1./s1. The molecule has 0 spiro atoms. The lowest BCUT2D eigenvalue weighted by atomic mass is 9.84. The van der Waals surface area contributed by atoms with Crippen molar-refractivity contribution in [1.29, 1.82) is 0 Å². The van der Waals surface area contributed by atoms with Gasteiger partial charge in [-0.2, -0.15) is 0 Å². The highest BCUT2D eigenvalue weighted by Crippen LogP contribution is 2.32. The molecule has 1 atom stereocenters. The highest BCUT2D eigenvalue weighted by Gasteiger charge is 2.33. The van der Waals surface area contributed by atoms with Crippen LogP contribution in [0.25, 0.3) is 0 Å². The zero-order valence-electron chi connectivity index (χ0n) is 14.9. The van der Waals surface area contributed by atoms with E-state index in [1.807, 2.05) is 20.8 Å². The fourth-order valence-corrected chi connectivity index (χ4v) is 3.07. The first kappa shape index (κ1) is 21.4. The molecule has 2 amide bonds. The summed E-state index contributed by atoms with van der Waals surface area (Å²) in [7, 11) is 0. The Kier molecular flexibility index (Phi) is 6.97. The molecule has 1 aromatic rings. The summed E-state index contributed by atoms with van der Waals surface area (Å²) in [6.07, 6.45) is 1.32. The monoisotopic (exact) mass is 371 g/mol. The minimum absolute atomic E-state index is 0. The van der Waals surface area contributed by atoms with E-state index in [-0.39, 0.29) is 35.5 Å². The van der Waals surface area contributed by atoms with Crippen LogP contribution in [-0.4, -0.2) is 35.8 Å². The second-order valence-corrected chi connectivity index (χ2v) is 7.54. The predicted molar refractivity (Wildman–Crippen MR) is 98.2 cm³/mol. The number of hydrogen-bond acceptors (Lipinski definition) is 3. The minimum atomic E-state index is -0.557. The first-order valence-electron chi connectivity index (χ1n) is 8.25. The van der Waals surface area contributed by atoms with Gasteiger partial charge in [-0.05, 0) is 47.9 Å². The van der Waals surface area contributed by atoms with E-state index in [1.165, 1.54) is 18.2 Å². The zero-order chi connectivity index (χ0) is 18.1. The molecule has 1 saturated heterocycles. The third kappa shape index (κ3) is 4.92. The number of rotatable bonds is 3. The number of nitrogens with zero attached hydrogens (tertiary/aromatic N) is 1. The van der Waals surface area contributed by atoms with E-state index < -0.39 is 11.9 Å². The van der Waals surface area contributed by atoms with Gasteiger partial charge >= 0.3 is 0 Å². The normalized spacial score (nSPS) is 16.9. The largest absolute Gasteiger partial charge is 0.366 e. The maximum atomic E-state index is 13.6. The molecule has 0 aliphatic carbocycles. The van der Waals surface area contributed by atoms with Crippen LogP contribution >= 0.6 is 12.4 Å². The fraction of sp³-hybridized carbons (Fsp3) is 0.556.